The average Bonchev–Trinajstić information content (AvgIpc) is 2.59. The molecule has 0 unspecified atom stereocenters. The third-order valence-corrected chi connectivity index (χ3v) is 4.10. The van der Waals surface area contributed by atoms with Crippen molar-refractivity contribution >= 4 is 57.1 Å². The van der Waals surface area contributed by atoms with Crippen LogP contribution in [0.4, 0.5) is 0 Å². The number of esters is 1. The van der Waals surface area contributed by atoms with Gasteiger partial charge < -0.3 is 4.74 Å². The second-order valence-corrected chi connectivity index (χ2v) is 6.59. The van der Waals surface area contributed by atoms with Crippen molar-refractivity contribution in [1.82, 2.24) is 10.6 Å². The van der Waals surface area contributed by atoms with Gasteiger partial charge >= 0.3 is 5.97 Å². The summed E-state index contributed by atoms with van der Waals surface area (Å²) in [6.45, 7) is 0. The highest BCUT2D eigenvalue weighted by atomic mass is 79.9. The van der Waals surface area contributed by atoms with Gasteiger partial charge in [-0.2, -0.15) is 0 Å². The molecule has 2 amide bonds. The van der Waals surface area contributed by atoms with Gasteiger partial charge in [0.15, 0.2) is 5.11 Å². The van der Waals surface area contributed by atoms with Crippen LogP contribution >= 0.6 is 28.1 Å². The molecule has 2 aromatic rings. The summed E-state index contributed by atoms with van der Waals surface area (Å²) in [6.07, 6.45) is 1.42. The molecule has 6 nitrogen and oxygen atoms in total. The van der Waals surface area contributed by atoms with E-state index in [-0.39, 0.29) is 10.7 Å². The zero-order valence-electron chi connectivity index (χ0n) is 13.1. The number of rotatable bonds is 3. The minimum atomic E-state index is -0.566. The Morgan fingerprint density at radius 1 is 1.04 bits per heavy atom. The molecule has 130 valence electrons. The fourth-order valence-electron chi connectivity index (χ4n) is 2.19. The normalized spacial score (nSPS) is 13.7. The van der Waals surface area contributed by atoms with Gasteiger partial charge in [0.1, 0.15) is 11.3 Å². The van der Waals surface area contributed by atoms with Crippen LogP contribution in [-0.2, 0) is 9.59 Å². The second kappa shape index (κ2) is 7.59. The van der Waals surface area contributed by atoms with Crippen LogP contribution in [0.15, 0.2) is 58.6 Å². The quantitative estimate of drug-likeness (QED) is 0.257. The maximum Gasteiger partial charge on any atom is 0.343 e. The maximum absolute atomic E-state index is 12.1. The van der Waals surface area contributed by atoms with Crippen molar-refractivity contribution in [3.63, 3.8) is 0 Å². The summed E-state index contributed by atoms with van der Waals surface area (Å²) in [5.41, 5.74) is 0.954. The summed E-state index contributed by atoms with van der Waals surface area (Å²) >= 11 is 8.04. The number of amides is 2. The standard InChI is InChI=1S/C18H11BrN2O4S/c19-12-3-1-2-11(9-12)17(24)25-13-6-4-10(5-7-13)8-14-15(22)20-18(26)21-16(14)23/h1-9H,(H2,20,21,22,23,26). The zero-order chi connectivity index (χ0) is 18.7. The summed E-state index contributed by atoms with van der Waals surface area (Å²) < 4.78 is 6.08. The highest BCUT2D eigenvalue weighted by molar-refractivity contribution is 9.10. The molecule has 26 heavy (non-hydrogen) atoms. The molecule has 0 saturated carbocycles. The van der Waals surface area contributed by atoms with E-state index < -0.39 is 17.8 Å². The van der Waals surface area contributed by atoms with Crippen molar-refractivity contribution in [2.45, 2.75) is 0 Å². The third-order valence-electron chi connectivity index (χ3n) is 3.41. The molecule has 8 heteroatoms. The van der Waals surface area contributed by atoms with Gasteiger partial charge in [-0.25, -0.2) is 4.79 Å². The number of hydrogen-bond donors (Lipinski definition) is 2. The molecule has 2 N–H and O–H groups in total. The van der Waals surface area contributed by atoms with E-state index in [1.807, 2.05) is 6.07 Å². The van der Waals surface area contributed by atoms with Gasteiger partial charge in [-0.15, -0.1) is 0 Å². The molecule has 0 spiro atoms. The Hall–Kier alpha value is -2.84. The van der Waals surface area contributed by atoms with Crippen molar-refractivity contribution in [2.75, 3.05) is 0 Å². The third kappa shape index (κ3) is 4.22. The van der Waals surface area contributed by atoms with E-state index >= 15 is 0 Å². The van der Waals surface area contributed by atoms with E-state index in [0.29, 0.717) is 16.9 Å². The van der Waals surface area contributed by atoms with Gasteiger partial charge in [-0.05, 0) is 54.2 Å². The molecule has 1 heterocycles. The minimum Gasteiger partial charge on any atom is -0.423 e. The van der Waals surface area contributed by atoms with Crippen LogP contribution in [0.2, 0.25) is 0 Å². The first-order chi connectivity index (χ1) is 12.4. The van der Waals surface area contributed by atoms with Gasteiger partial charge in [-0.3, -0.25) is 20.2 Å². The molecular formula is C18H11BrN2O4S. The van der Waals surface area contributed by atoms with Crippen LogP contribution in [0, 0.1) is 0 Å². The number of hydrogen-bond acceptors (Lipinski definition) is 5. The number of nitrogens with one attached hydrogen (secondary N) is 2. The fourth-order valence-corrected chi connectivity index (χ4v) is 2.77. The van der Waals surface area contributed by atoms with Gasteiger partial charge in [0.2, 0.25) is 0 Å². The second-order valence-electron chi connectivity index (χ2n) is 5.26. The van der Waals surface area contributed by atoms with E-state index in [1.165, 1.54) is 6.08 Å². The van der Waals surface area contributed by atoms with Crippen LogP contribution in [0.25, 0.3) is 6.08 Å². The van der Waals surface area contributed by atoms with E-state index in [1.54, 1.807) is 42.5 Å². The smallest absolute Gasteiger partial charge is 0.343 e. The average molecular weight is 431 g/mol. The number of carbonyl (C=O) groups is 3. The van der Waals surface area contributed by atoms with Crippen molar-refractivity contribution in [1.29, 1.82) is 0 Å². The van der Waals surface area contributed by atoms with E-state index in [4.69, 9.17) is 17.0 Å². The van der Waals surface area contributed by atoms with Gasteiger partial charge in [-0.1, -0.05) is 34.1 Å². The van der Waals surface area contributed by atoms with Crippen LogP contribution in [0.1, 0.15) is 15.9 Å². The Morgan fingerprint density at radius 3 is 2.31 bits per heavy atom. The van der Waals surface area contributed by atoms with Gasteiger partial charge in [0, 0.05) is 4.47 Å². The summed E-state index contributed by atoms with van der Waals surface area (Å²) in [7, 11) is 0. The Kier molecular flexibility index (Phi) is 5.24. The SMILES string of the molecule is O=C1NC(=S)NC(=O)C1=Cc1ccc(OC(=O)c2cccc(Br)c2)cc1. The molecule has 0 aliphatic carbocycles. The summed E-state index contributed by atoms with van der Waals surface area (Å²) in [5.74, 6) is -1.28. The topological polar surface area (TPSA) is 84.5 Å². The van der Waals surface area contributed by atoms with E-state index in [9.17, 15) is 14.4 Å². The lowest BCUT2D eigenvalue weighted by molar-refractivity contribution is -0.123. The first-order valence-corrected chi connectivity index (χ1v) is 8.59. The molecular weight excluding hydrogens is 420 g/mol. The lowest BCUT2D eigenvalue weighted by Gasteiger charge is -2.16. The molecule has 3 rings (SSSR count). The summed E-state index contributed by atoms with van der Waals surface area (Å²) in [5, 5.41) is 4.70. The molecule has 0 bridgehead atoms. The minimum absolute atomic E-state index is 0.0213. The summed E-state index contributed by atoms with van der Waals surface area (Å²) in [6, 6.07) is 13.3. The first-order valence-electron chi connectivity index (χ1n) is 7.38. The highest BCUT2D eigenvalue weighted by Crippen LogP contribution is 2.18. The van der Waals surface area contributed by atoms with Crippen molar-refractivity contribution < 1.29 is 19.1 Å². The molecule has 1 aliphatic rings. The number of halogens is 1. The predicted molar refractivity (Wildman–Crippen MR) is 102 cm³/mol. The number of benzene rings is 2. The van der Waals surface area contributed by atoms with Crippen LogP contribution < -0.4 is 15.4 Å². The zero-order valence-corrected chi connectivity index (χ0v) is 15.5. The molecule has 2 aromatic carbocycles. The Balaban J connectivity index is 1.73. The molecule has 0 radical (unpaired) electrons. The van der Waals surface area contributed by atoms with Crippen LogP contribution in [0.5, 0.6) is 5.75 Å². The Morgan fingerprint density at radius 2 is 1.69 bits per heavy atom. The largest absolute Gasteiger partial charge is 0.423 e. The maximum atomic E-state index is 12.1. The molecule has 0 atom stereocenters. The first kappa shape index (κ1) is 18.0. The number of carbonyl (C=O) groups excluding carboxylic acids is 3. The Bertz CT molecular complexity index is 932. The molecule has 0 aromatic heterocycles. The van der Waals surface area contributed by atoms with Crippen molar-refractivity contribution in [3.8, 4) is 5.75 Å². The van der Waals surface area contributed by atoms with Crippen molar-refractivity contribution in [3.05, 3.63) is 69.7 Å². The number of ether oxygens (including phenoxy) is 1. The van der Waals surface area contributed by atoms with E-state index in [0.717, 1.165) is 4.47 Å². The molecule has 1 saturated heterocycles. The molecule has 1 fully saturated rings. The highest BCUT2D eigenvalue weighted by Gasteiger charge is 2.25. The number of thiocarbonyl (C=S) groups is 1. The molecule has 1 aliphatic heterocycles. The van der Waals surface area contributed by atoms with Crippen LogP contribution in [0.3, 0.4) is 0 Å². The van der Waals surface area contributed by atoms with Gasteiger partial charge in [0.25, 0.3) is 11.8 Å². The summed E-state index contributed by atoms with van der Waals surface area (Å²) in [4.78, 5) is 35.7. The Labute approximate surface area is 162 Å². The van der Waals surface area contributed by atoms with Crippen molar-refractivity contribution in [2.24, 2.45) is 0 Å². The van der Waals surface area contributed by atoms with E-state index in [2.05, 4.69) is 26.6 Å². The lowest BCUT2D eigenvalue weighted by atomic mass is 10.1. The lowest BCUT2D eigenvalue weighted by Crippen LogP contribution is -2.51. The predicted octanol–water partition coefficient (Wildman–Crippen LogP) is 2.58. The monoisotopic (exact) mass is 430 g/mol. The van der Waals surface area contributed by atoms with Crippen LogP contribution in [-0.4, -0.2) is 22.9 Å². The van der Waals surface area contributed by atoms with Gasteiger partial charge in [0.05, 0.1) is 5.56 Å². The fraction of sp³-hybridized carbons (Fsp3) is 0.